The molecule has 0 aliphatic rings. The van der Waals surface area contributed by atoms with E-state index in [2.05, 4.69) is 15.5 Å². The van der Waals surface area contributed by atoms with Gasteiger partial charge in [0.2, 0.25) is 0 Å². The van der Waals surface area contributed by atoms with Crippen molar-refractivity contribution in [3.8, 4) is 0 Å². The average Bonchev–Trinajstić information content (AvgIpc) is 2.70. The fraction of sp³-hybridized carbons (Fsp3) is 0.111. The summed E-state index contributed by atoms with van der Waals surface area (Å²) in [4.78, 5) is 4.72. The number of aromatic nitrogens is 3. The predicted octanol–water partition coefficient (Wildman–Crippen LogP) is 2.17. The Balaban J connectivity index is 2.34. The maximum absolute atomic E-state index is 12.6. The summed E-state index contributed by atoms with van der Waals surface area (Å²) in [6, 6.07) is 5.16. The fourth-order valence-electron chi connectivity index (χ4n) is 1.22. The van der Waals surface area contributed by atoms with Crippen LogP contribution in [-0.2, 0) is 6.18 Å². The van der Waals surface area contributed by atoms with E-state index in [4.69, 9.17) is 0 Å². The van der Waals surface area contributed by atoms with E-state index >= 15 is 0 Å². The van der Waals surface area contributed by atoms with E-state index in [-0.39, 0.29) is 5.69 Å². The number of nitrogens with one attached hydrogen (secondary N) is 1. The van der Waals surface area contributed by atoms with Gasteiger partial charge in [-0.15, -0.1) is 5.10 Å². The van der Waals surface area contributed by atoms with Crippen LogP contribution in [0.2, 0.25) is 0 Å². The van der Waals surface area contributed by atoms with Crippen molar-refractivity contribution in [2.24, 2.45) is 0 Å². The first kappa shape index (κ1) is 10.5. The van der Waals surface area contributed by atoms with Gasteiger partial charge in [-0.1, -0.05) is 12.1 Å². The standard InChI is InChI=1S/C9H7F3N4/c10-9(11,12)7-3-1-2-4-8(7)15-16-6-13-5-14-16/h1-6,15H. The maximum atomic E-state index is 12.6. The summed E-state index contributed by atoms with van der Waals surface area (Å²) in [6.45, 7) is 0. The minimum Gasteiger partial charge on any atom is -0.276 e. The number of hydrogen-bond acceptors (Lipinski definition) is 3. The van der Waals surface area contributed by atoms with Crippen molar-refractivity contribution in [2.75, 3.05) is 5.43 Å². The lowest BCUT2D eigenvalue weighted by Crippen LogP contribution is -2.15. The molecule has 7 heteroatoms. The van der Waals surface area contributed by atoms with Crippen molar-refractivity contribution in [1.82, 2.24) is 14.9 Å². The van der Waals surface area contributed by atoms with E-state index in [1.165, 1.54) is 30.9 Å². The smallest absolute Gasteiger partial charge is 0.276 e. The van der Waals surface area contributed by atoms with Crippen LogP contribution in [0.1, 0.15) is 5.56 Å². The minimum atomic E-state index is -4.40. The Bertz CT molecular complexity index is 464. The van der Waals surface area contributed by atoms with E-state index in [1.54, 1.807) is 0 Å². The van der Waals surface area contributed by atoms with Gasteiger partial charge in [0.15, 0.2) is 0 Å². The topological polar surface area (TPSA) is 42.7 Å². The Morgan fingerprint density at radius 1 is 1.19 bits per heavy atom. The third-order valence-electron chi connectivity index (χ3n) is 1.89. The number of para-hydroxylation sites is 1. The van der Waals surface area contributed by atoms with Gasteiger partial charge in [0.05, 0.1) is 11.3 Å². The minimum absolute atomic E-state index is 0.0690. The molecular formula is C9H7F3N4. The Morgan fingerprint density at radius 3 is 2.56 bits per heavy atom. The number of rotatable bonds is 2. The molecule has 1 heterocycles. The van der Waals surface area contributed by atoms with Crippen LogP contribution in [-0.4, -0.2) is 14.9 Å². The van der Waals surface area contributed by atoms with Crippen LogP contribution in [0.4, 0.5) is 18.9 Å². The van der Waals surface area contributed by atoms with Crippen LogP contribution in [0.5, 0.6) is 0 Å². The van der Waals surface area contributed by atoms with Crippen LogP contribution in [0, 0.1) is 0 Å². The first-order valence-electron chi connectivity index (χ1n) is 4.35. The molecule has 0 saturated carbocycles. The number of alkyl halides is 3. The van der Waals surface area contributed by atoms with E-state index in [9.17, 15) is 13.2 Å². The summed E-state index contributed by atoms with van der Waals surface area (Å²) >= 11 is 0. The SMILES string of the molecule is FC(F)(F)c1ccccc1Nn1cncn1. The Kier molecular flexibility index (Phi) is 2.51. The summed E-state index contributed by atoms with van der Waals surface area (Å²) in [7, 11) is 0. The van der Waals surface area contributed by atoms with E-state index in [0.717, 1.165) is 10.9 Å². The van der Waals surface area contributed by atoms with Crippen molar-refractivity contribution in [1.29, 1.82) is 0 Å². The third kappa shape index (κ3) is 2.13. The highest BCUT2D eigenvalue weighted by atomic mass is 19.4. The zero-order chi connectivity index (χ0) is 11.6. The molecule has 16 heavy (non-hydrogen) atoms. The van der Waals surface area contributed by atoms with Gasteiger partial charge in [-0.25, -0.2) is 4.98 Å². The second-order valence-electron chi connectivity index (χ2n) is 3.00. The van der Waals surface area contributed by atoms with Crippen molar-refractivity contribution >= 4 is 5.69 Å². The van der Waals surface area contributed by atoms with Gasteiger partial charge < -0.3 is 0 Å². The highest BCUT2D eigenvalue weighted by Gasteiger charge is 2.33. The molecule has 0 aliphatic carbocycles. The lowest BCUT2D eigenvalue weighted by atomic mass is 10.2. The molecule has 0 radical (unpaired) electrons. The summed E-state index contributed by atoms with van der Waals surface area (Å²) < 4.78 is 37.8. The second kappa shape index (κ2) is 3.84. The molecule has 0 amide bonds. The normalized spacial score (nSPS) is 11.4. The molecule has 1 N–H and O–H groups in total. The van der Waals surface area contributed by atoms with Crippen LogP contribution in [0.15, 0.2) is 36.9 Å². The molecule has 0 unspecified atom stereocenters. The van der Waals surface area contributed by atoms with Gasteiger partial charge in [-0.2, -0.15) is 18.0 Å². The molecule has 0 atom stereocenters. The molecule has 4 nitrogen and oxygen atoms in total. The lowest BCUT2D eigenvalue weighted by Gasteiger charge is -2.13. The van der Waals surface area contributed by atoms with Gasteiger partial charge in [0.25, 0.3) is 0 Å². The Labute approximate surface area is 88.7 Å². The number of benzene rings is 1. The van der Waals surface area contributed by atoms with Gasteiger partial charge in [0, 0.05) is 0 Å². The maximum Gasteiger partial charge on any atom is 0.418 e. The number of anilines is 1. The van der Waals surface area contributed by atoms with Gasteiger partial charge in [-0.05, 0) is 12.1 Å². The van der Waals surface area contributed by atoms with Crippen LogP contribution >= 0.6 is 0 Å². The second-order valence-corrected chi connectivity index (χ2v) is 3.00. The Hall–Kier alpha value is -2.05. The van der Waals surface area contributed by atoms with Crippen molar-refractivity contribution in [3.05, 3.63) is 42.5 Å². The van der Waals surface area contributed by atoms with E-state index < -0.39 is 11.7 Å². The average molecular weight is 228 g/mol. The first-order valence-corrected chi connectivity index (χ1v) is 4.35. The molecule has 2 rings (SSSR count). The van der Waals surface area contributed by atoms with Gasteiger partial charge in [0.1, 0.15) is 12.7 Å². The van der Waals surface area contributed by atoms with Crippen molar-refractivity contribution in [2.45, 2.75) is 6.18 Å². The highest BCUT2D eigenvalue weighted by molar-refractivity contribution is 5.51. The molecule has 0 saturated heterocycles. The fourth-order valence-corrected chi connectivity index (χ4v) is 1.22. The Morgan fingerprint density at radius 2 is 1.94 bits per heavy atom. The quantitative estimate of drug-likeness (QED) is 0.856. The molecular weight excluding hydrogens is 221 g/mol. The number of halogens is 3. The molecule has 84 valence electrons. The van der Waals surface area contributed by atoms with Crippen molar-refractivity contribution in [3.63, 3.8) is 0 Å². The summed E-state index contributed by atoms with van der Waals surface area (Å²) in [6.07, 6.45) is -1.90. The molecule has 0 fully saturated rings. The molecule has 1 aromatic heterocycles. The summed E-state index contributed by atoms with van der Waals surface area (Å²) in [5, 5.41) is 3.66. The lowest BCUT2D eigenvalue weighted by molar-refractivity contribution is -0.137. The molecule has 1 aromatic carbocycles. The molecule has 0 bridgehead atoms. The van der Waals surface area contributed by atoms with E-state index in [1.807, 2.05) is 0 Å². The highest BCUT2D eigenvalue weighted by Crippen LogP contribution is 2.34. The summed E-state index contributed by atoms with van der Waals surface area (Å²) in [5.41, 5.74) is 1.67. The number of hydrogen-bond donors (Lipinski definition) is 1. The largest absolute Gasteiger partial charge is 0.418 e. The molecule has 2 aromatic rings. The van der Waals surface area contributed by atoms with Crippen LogP contribution < -0.4 is 5.43 Å². The summed E-state index contributed by atoms with van der Waals surface area (Å²) in [5.74, 6) is 0. The molecule has 0 aliphatic heterocycles. The third-order valence-corrected chi connectivity index (χ3v) is 1.89. The first-order chi connectivity index (χ1) is 7.57. The zero-order valence-corrected chi connectivity index (χ0v) is 7.94. The van der Waals surface area contributed by atoms with Crippen LogP contribution in [0.3, 0.4) is 0 Å². The predicted molar refractivity (Wildman–Crippen MR) is 50.5 cm³/mol. The molecule has 0 spiro atoms. The zero-order valence-electron chi connectivity index (χ0n) is 7.94. The van der Waals surface area contributed by atoms with E-state index in [0.29, 0.717) is 0 Å². The van der Waals surface area contributed by atoms with Crippen LogP contribution in [0.25, 0.3) is 0 Å². The van der Waals surface area contributed by atoms with Crippen molar-refractivity contribution < 1.29 is 13.2 Å². The van der Waals surface area contributed by atoms with Gasteiger partial charge in [-0.3, -0.25) is 5.43 Å². The number of nitrogens with zero attached hydrogens (tertiary/aromatic N) is 3. The van der Waals surface area contributed by atoms with Gasteiger partial charge >= 0.3 is 6.18 Å². The monoisotopic (exact) mass is 228 g/mol.